The summed E-state index contributed by atoms with van der Waals surface area (Å²) >= 11 is 1.56. The van der Waals surface area contributed by atoms with Crippen molar-refractivity contribution < 1.29 is 4.79 Å². The van der Waals surface area contributed by atoms with Gasteiger partial charge in [-0.25, -0.2) is 9.97 Å². The molecule has 2 rings (SSSR count). The average Bonchev–Trinajstić information content (AvgIpc) is 2.93. The van der Waals surface area contributed by atoms with Crippen molar-refractivity contribution in [2.45, 2.75) is 6.42 Å². The molecule has 2 N–H and O–H groups in total. The van der Waals surface area contributed by atoms with E-state index < -0.39 is 0 Å². The van der Waals surface area contributed by atoms with E-state index in [1.807, 2.05) is 5.38 Å². The van der Waals surface area contributed by atoms with Crippen molar-refractivity contribution in [3.63, 3.8) is 0 Å². The van der Waals surface area contributed by atoms with Crippen LogP contribution in [0.4, 0.5) is 5.82 Å². The standard InChI is InChI=1S/C11H10N6OS/c12-17-16-9-2-1-8(7-15-9)11(18)14-4-3-10-13-5-6-19-10/h1-2,5-7H,3-4H2,(H-,14,15,16,18)/p+1. The van der Waals surface area contributed by atoms with E-state index in [0.29, 0.717) is 24.3 Å². The number of thiazole rings is 1. The SMILES string of the molecule is N#[N+]Nc1ccc(C(=O)NCCc2nccs2)cn1. The van der Waals surface area contributed by atoms with Crippen molar-refractivity contribution in [2.75, 3.05) is 12.0 Å². The summed E-state index contributed by atoms with van der Waals surface area (Å²) in [5.74, 6) is 0.165. The van der Waals surface area contributed by atoms with E-state index in [0.717, 1.165) is 5.01 Å². The number of rotatable bonds is 5. The highest BCUT2D eigenvalue weighted by molar-refractivity contribution is 7.09. The minimum absolute atomic E-state index is 0.198. The Kier molecular flexibility index (Phi) is 4.36. The Morgan fingerprint density at radius 1 is 1.42 bits per heavy atom. The molecular formula is C11H11N6OS+. The fraction of sp³-hybridized carbons (Fsp3) is 0.182. The lowest BCUT2D eigenvalue weighted by Crippen LogP contribution is -2.25. The maximum Gasteiger partial charge on any atom is 0.309 e. The predicted octanol–water partition coefficient (Wildman–Crippen LogP) is 1.69. The molecule has 2 heterocycles. The molecule has 1 amide bonds. The Labute approximate surface area is 113 Å². The number of carbonyl (C=O) groups is 1. The van der Waals surface area contributed by atoms with Crippen LogP contribution in [0.1, 0.15) is 15.4 Å². The van der Waals surface area contributed by atoms with Crippen molar-refractivity contribution in [3.8, 4) is 0 Å². The minimum atomic E-state index is -0.198. The number of anilines is 1. The highest BCUT2D eigenvalue weighted by Crippen LogP contribution is 2.06. The fourth-order valence-electron chi connectivity index (χ4n) is 1.41. The topological polar surface area (TPSA) is 95.1 Å². The lowest BCUT2D eigenvalue weighted by atomic mass is 10.2. The number of nitrogens with one attached hydrogen (secondary N) is 2. The lowest BCUT2D eigenvalue weighted by Gasteiger charge is -2.03. The summed E-state index contributed by atoms with van der Waals surface area (Å²) in [6.07, 6.45) is 3.86. The molecule has 0 fully saturated rings. The zero-order valence-corrected chi connectivity index (χ0v) is 10.7. The number of hydrogen-bond acceptors (Lipinski definition) is 6. The third kappa shape index (κ3) is 3.72. The van der Waals surface area contributed by atoms with Crippen LogP contribution in [0, 0.1) is 5.39 Å². The van der Waals surface area contributed by atoms with Gasteiger partial charge in [0.15, 0.2) is 0 Å². The minimum Gasteiger partial charge on any atom is -0.352 e. The van der Waals surface area contributed by atoms with Crippen LogP contribution in [0.5, 0.6) is 0 Å². The maximum atomic E-state index is 11.8. The molecule has 0 unspecified atom stereocenters. The molecule has 96 valence electrons. The van der Waals surface area contributed by atoms with Gasteiger partial charge in [0.05, 0.1) is 10.6 Å². The molecule has 0 spiro atoms. The highest BCUT2D eigenvalue weighted by Gasteiger charge is 2.07. The van der Waals surface area contributed by atoms with Gasteiger partial charge in [-0.05, 0) is 12.1 Å². The summed E-state index contributed by atoms with van der Waals surface area (Å²) in [5, 5.41) is 16.7. The molecule has 0 bridgehead atoms. The van der Waals surface area contributed by atoms with Gasteiger partial charge in [-0.15, -0.1) is 11.3 Å². The second-order valence-electron chi connectivity index (χ2n) is 3.58. The van der Waals surface area contributed by atoms with Crippen LogP contribution >= 0.6 is 11.3 Å². The second-order valence-corrected chi connectivity index (χ2v) is 4.55. The number of carbonyl (C=O) groups excluding carboxylic acids is 1. The molecule has 2 aromatic heterocycles. The summed E-state index contributed by atoms with van der Waals surface area (Å²) < 4.78 is 0. The fourth-order valence-corrected chi connectivity index (χ4v) is 2.03. The van der Waals surface area contributed by atoms with E-state index in [4.69, 9.17) is 5.39 Å². The molecule has 0 radical (unpaired) electrons. The van der Waals surface area contributed by atoms with Crippen molar-refractivity contribution in [1.29, 1.82) is 5.39 Å². The first-order valence-electron chi connectivity index (χ1n) is 5.52. The average molecular weight is 275 g/mol. The van der Waals surface area contributed by atoms with E-state index in [1.54, 1.807) is 29.7 Å². The smallest absolute Gasteiger partial charge is 0.309 e. The Morgan fingerprint density at radius 2 is 2.32 bits per heavy atom. The van der Waals surface area contributed by atoms with Gasteiger partial charge in [0.25, 0.3) is 11.3 Å². The van der Waals surface area contributed by atoms with Crippen molar-refractivity contribution in [3.05, 3.63) is 45.6 Å². The molecule has 0 aliphatic rings. The summed E-state index contributed by atoms with van der Waals surface area (Å²) in [7, 11) is 0. The third-order valence-electron chi connectivity index (χ3n) is 2.30. The van der Waals surface area contributed by atoms with Crippen LogP contribution in [-0.4, -0.2) is 22.4 Å². The van der Waals surface area contributed by atoms with Gasteiger partial charge in [0.2, 0.25) is 5.82 Å². The van der Waals surface area contributed by atoms with Crippen LogP contribution in [0.2, 0.25) is 0 Å². The van der Waals surface area contributed by atoms with Crippen molar-refractivity contribution >= 4 is 23.1 Å². The Balaban J connectivity index is 1.84. The van der Waals surface area contributed by atoms with E-state index in [2.05, 4.69) is 25.8 Å². The van der Waals surface area contributed by atoms with E-state index in [1.165, 1.54) is 6.20 Å². The molecule has 0 saturated carbocycles. The van der Waals surface area contributed by atoms with Gasteiger partial charge in [-0.1, -0.05) is 0 Å². The molecule has 8 heteroatoms. The van der Waals surface area contributed by atoms with Gasteiger partial charge in [0.1, 0.15) is 0 Å². The second kappa shape index (κ2) is 6.42. The molecule has 0 aromatic carbocycles. The molecule has 0 aliphatic heterocycles. The third-order valence-corrected chi connectivity index (χ3v) is 3.14. The number of aromatic nitrogens is 2. The van der Waals surface area contributed by atoms with Gasteiger partial charge in [0, 0.05) is 36.2 Å². The Hall–Kier alpha value is -2.53. The van der Waals surface area contributed by atoms with Gasteiger partial charge < -0.3 is 5.32 Å². The molecule has 0 saturated heterocycles. The largest absolute Gasteiger partial charge is 0.352 e. The Morgan fingerprint density at radius 3 is 2.95 bits per heavy atom. The first-order valence-corrected chi connectivity index (χ1v) is 6.40. The van der Waals surface area contributed by atoms with Crippen LogP contribution in [0.15, 0.2) is 29.9 Å². The molecule has 0 atom stereocenters. The monoisotopic (exact) mass is 275 g/mol. The molecule has 0 aliphatic carbocycles. The van der Waals surface area contributed by atoms with Crippen LogP contribution in [0.3, 0.4) is 0 Å². The lowest BCUT2D eigenvalue weighted by molar-refractivity contribution is 0.0954. The van der Waals surface area contributed by atoms with Gasteiger partial charge in [-0.2, -0.15) is 0 Å². The van der Waals surface area contributed by atoms with Crippen LogP contribution < -0.4 is 10.7 Å². The summed E-state index contributed by atoms with van der Waals surface area (Å²) in [6.45, 7) is 0.526. The number of hydrogen-bond donors (Lipinski definition) is 2. The van der Waals surface area contributed by atoms with Gasteiger partial charge >= 0.3 is 5.08 Å². The number of diazo groups is 1. The summed E-state index contributed by atoms with van der Waals surface area (Å²) in [6, 6.07) is 3.15. The number of amides is 1. The molecule has 2 aromatic rings. The Bertz CT molecular complexity index is 574. The van der Waals surface area contributed by atoms with Crippen molar-refractivity contribution in [2.24, 2.45) is 0 Å². The molecule has 19 heavy (non-hydrogen) atoms. The zero-order valence-electron chi connectivity index (χ0n) is 9.91. The van der Waals surface area contributed by atoms with Crippen LogP contribution in [0.25, 0.3) is 5.08 Å². The highest BCUT2D eigenvalue weighted by atomic mass is 32.1. The molecular weight excluding hydrogens is 264 g/mol. The normalized spacial score (nSPS) is 9.63. The zero-order chi connectivity index (χ0) is 13.5. The summed E-state index contributed by atoms with van der Waals surface area (Å²) in [4.78, 5) is 19.8. The number of pyridine rings is 1. The number of nitrogens with zero attached hydrogens (tertiary/aromatic N) is 4. The van der Waals surface area contributed by atoms with E-state index in [9.17, 15) is 4.79 Å². The van der Waals surface area contributed by atoms with Crippen molar-refractivity contribution in [1.82, 2.24) is 15.3 Å². The predicted molar refractivity (Wildman–Crippen MR) is 71.1 cm³/mol. The first-order chi connectivity index (χ1) is 9.29. The quantitative estimate of drug-likeness (QED) is 0.639. The van der Waals surface area contributed by atoms with E-state index in [-0.39, 0.29) is 5.91 Å². The first kappa shape index (κ1) is 12.9. The van der Waals surface area contributed by atoms with Gasteiger partial charge in [-0.3, -0.25) is 4.79 Å². The van der Waals surface area contributed by atoms with Crippen LogP contribution in [-0.2, 0) is 6.42 Å². The maximum absolute atomic E-state index is 11.8. The molecule has 7 nitrogen and oxygen atoms in total. The van der Waals surface area contributed by atoms with E-state index >= 15 is 0 Å². The summed E-state index contributed by atoms with van der Waals surface area (Å²) in [5.41, 5.74) is 2.71.